The average Bonchev–Trinajstić information content (AvgIpc) is 2.86. The summed E-state index contributed by atoms with van der Waals surface area (Å²) in [6.07, 6.45) is 0.128. The summed E-state index contributed by atoms with van der Waals surface area (Å²) in [4.78, 5) is 0. The Morgan fingerprint density at radius 1 is 1.05 bits per heavy atom. The third-order valence-electron chi connectivity index (χ3n) is 3.41. The monoisotopic (exact) mass is 308 g/mol. The number of halogens is 4. The minimum atomic E-state index is -2.00. The normalized spacial score (nSPS) is 18.1. The van der Waals surface area contributed by atoms with E-state index in [9.17, 15) is 17.6 Å². The fourth-order valence-corrected chi connectivity index (χ4v) is 2.52. The maximum Gasteiger partial charge on any atom is 0.198 e. The Balaban J connectivity index is 3.07. The minimum Gasteiger partial charge on any atom is -0.372 e. The van der Waals surface area contributed by atoms with Crippen LogP contribution in [-0.2, 0) is 4.74 Å². The molecule has 1 atom stereocenters. The number of benzene rings is 1. The zero-order chi connectivity index (χ0) is 16.6. The smallest absolute Gasteiger partial charge is 0.198 e. The fourth-order valence-electron chi connectivity index (χ4n) is 2.52. The second-order valence-corrected chi connectivity index (χ2v) is 4.38. The van der Waals surface area contributed by atoms with Gasteiger partial charge in [-0.15, -0.1) is 0 Å². The molecule has 1 aromatic carbocycles. The van der Waals surface area contributed by atoms with Crippen LogP contribution in [0.15, 0.2) is 17.2 Å². The highest BCUT2D eigenvalue weighted by atomic mass is 19.2. The molecule has 1 aromatic rings. The van der Waals surface area contributed by atoms with E-state index >= 15 is 0 Å². The van der Waals surface area contributed by atoms with E-state index in [-0.39, 0.29) is 11.1 Å². The second-order valence-electron chi connectivity index (χ2n) is 4.38. The molecule has 1 unspecified atom stereocenters. The van der Waals surface area contributed by atoms with Crippen molar-refractivity contribution in [1.29, 1.82) is 10.5 Å². The van der Waals surface area contributed by atoms with Crippen molar-refractivity contribution in [2.24, 2.45) is 0 Å². The highest BCUT2D eigenvalue weighted by molar-refractivity contribution is 5.93. The van der Waals surface area contributed by atoms with E-state index in [0.717, 1.165) is 7.11 Å². The lowest BCUT2D eigenvalue weighted by atomic mass is 9.99. The minimum absolute atomic E-state index is 0.0957. The molecule has 112 valence electrons. The predicted octanol–water partition coefficient (Wildman–Crippen LogP) is 3.69. The summed E-state index contributed by atoms with van der Waals surface area (Å²) in [5.74, 6) is -7.24. The molecule has 0 bridgehead atoms. The van der Waals surface area contributed by atoms with Gasteiger partial charge in [0.05, 0.1) is 0 Å². The van der Waals surface area contributed by atoms with Crippen molar-refractivity contribution in [3.8, 4) is 12.1 Å². The molecule has 0 fully saturated rings. The van der Waals surface area contributed by atoms with E-state index in [1.807, 2.05) is 0 Å². The summed E-state index contributed by atoms with van der Waals surface area (Å²) >= 11 is 0. The lowest BCUT2D eigenvalue weighted by molar-refractivity contribution is 0.135. The van der Waals surface area contributed by atoms with E-state index in [1.165, 1.54) is 13.0 Å². The fraction of sp³-hybridized carbons (Fsp3) is 0.200. The van der Waals surface area contributed by atoms with Crippen LogP contribution in [0.3, 0.4) is 0 Å². The lowest BCUT2D eigenvalue weighted by Gasteiger charge is -2.12. The number of rotatable bonds is 1. The first-order valence-corrected chi connectivity index (χ1v) is 6.04. The molecule has 1 aliphatic rings. The van der Waals surface area contributed by atoms with E-state index in [4.69, 9.17) is 15.3 Å². The van der Waals surface area contributed by atoms with Crippen molar-refractivity contribution in [2.45, 2.75) is 13.0 Å². The molecule has 0 aliphatic heterocycles. The molecule has 0 heterocycles. The predicted molar refractivity (Wildman–Crippen MR) is 67.9 cm³/mol. The molecule has 0 amide bonds. The molecule has 0 spiro atoms. The highest BCUT2D eigenvalue weighted by Gasteiger charge is 2.41. The Kier molecular flexibility index (Phi) is 4.03. The van der Waals surface area contributed by atoms with Crippen LogP contribution < -0.4 is 0 Å². The highest BCUT2D eigenvalue weighted by Crippen LogP contribution is 2.50. The van der Waals surface area contributed by atoms with E-state index in [1.54, 1.807) is 12.1 Å². The van der Waals surface area contributed by atoms with Crippen LogP contribution in [0.2, 0.25) is 0 Å². The van der Waals surface area contributed by atoms with Crippen LogP contribution in [-0.4, -0.2) is 7.11 Å². The first kappa shape index (κ1) is 15.7. The molecule has 1 aliphatic carbocycles. The number of hydrogen-bond donors (Lipinski definition) is 0. The molecule has 0 saturated carbocycles. The number of nitrogens with zero attached hydrogens (tertiary/aromatic N) is 2. The summed E-state index contributed by atoms with van der Waals surface area (Å²) < 4.78 is 60.2. The van der Waals surface area contributed by atoms with Gasteiger partial charge in [-0.2, -0.15) is 10.5 Å². The van der Waals surface area contributed by atoms with Crippen LogP contribution in [0.1, 0.15) is 24.2 Å². The van der Waals surface area contributed by atoms with Crippen molar-refractivity contribution in [3.63, 3.8) is 0 Å². The first-order chi connectivity index (χ1) is 10.4. The molecule has 0 N–H and O–H groups in total. The van der Waals surface area contributed by atoms with Gasteiger partial charge in [-0.05, 0) is 12.5 Å². The third kappa shape index (κ3) is 1.91. The standard InChI is InChI=1S/C15H8F4N2O/c1-3-7-8(6(4-20)5-21)9-10(15(7)22-2)12(17)14(19)13(18)11(9)16/h3,15H,1-2H3/b7-3-. The number of fused-ring (bicyclic) bond motifs is 1. The molecule has 22 heavy (non-hydrogen) atoms. The molecule has 7 heteroatoms. The van der Waals surface area contributed by atoms with Crippen LogP contribution in [0.25, 0.3) is 5.57 Å². The number of allylic oxidation sites excluding steroid dienone is 2. The van der Waals surface area contributed by atoms with Gasteiger partial charge in [0.2, 0.25) is 0 Å². The lowest BCUT2D eigenvalue weighted by Crippen LogP contribution is -2.07. The van der Waals surface area contributed by atoms with Gasteiger partial charge in [0.25, 0.3) is 0 Å². The largest absolute Gasteiger partial charge is 0.372 e. The Labute approximate surface area is 123 Å². The number of nitriles is 2. The first-order valence-electron chi connectivity index (χ1n) is 6.04. The molecule has 2 rings (SSSR count). The summed E-state index contributed by atoms with van der Waals surface area (Å²) in [7, 11) is 1.16. The number of methoxy groups -OCH3 is 1. The maximum absolute atomic E-state index is 14.1. The molecular formula is C15H8F4N2O. The van der Waals surface area contributed by atoms with Gasteiger partial charge in [0, 0.05) is 23.8 Å². The van der Waals surface area contributed by atoms with Gasteiger partial charge >= 0.3 is 0 Å². The van der Waals surface area contributed by atoms with Crippen molar-refractivity contribution in [3.05, 3.63) is 51.6 Å². The molecular weight excluding hydrogens is 300 g/mol. The van der Waals surface area contributed by atoms with E-state index < -0.39 is 46.1 Å². The molecule has 0 saturated heterocycles. The van der Waals surface area contributed by atoms with Crippen molar-refractivity contribution < 1.29 is 22.3 Å². The number of hydrogen-bond acceptors (Lipinski definition) is 3. The summed E-state index contributed by atoms with van der Waals surface area (Å²) in [5.41, 5.74) is -1.96. The van der Waals surface area contributed by atoms with E-state index in [2.05, 4.69) is 0 Å². The Morgan fingerprint density at radius 2 is 1.59 bits per heavy atom. The average molecular weight is 308 g/mol. The van der Waals surface area contributed by atoms with E-state index in [0.29, 0.717) is 0 Å². The topological polar surface area (TPSA) is 56.8 Å². The summed E-state index contributed by atoms with van der Waals surface area (Å²) in [5, 5.41) is 18.0. The maximum atomic E-state index is 14.1. The van der Waals surface area contributed by atoms with Gasteiger partial charge in [0.1, 0.15) is 23.8 Å². The molecule has 0 aromatic heterocycles. The number of ether oxygens (including phenoxy) is 1. The van der Waals surface area contributed by atoms with Crippen LogP contribution in [0.4, 0.5) is 17.6 Å². The quantitative estimate of drug-likeness (QED) is 0.344. The molecule has 0 radical (unpaired) electrons. The Morgan fingerprint density at radius 3 is 2.05 bits per heavy atom. The Hall–Kier alpha value is -2.64. The van der Waals surface area contributed by atoms with Gasteiger partial charge in [-0.25, -0.2) is 17.6 Å². The van der Waals surface area contributed by atoms with Gasteiger partial charge < -0.3 is 4.74 Å². The van der Waals surface area contributed by atoms with Gasteiger partial charge in [-0.3, -0.25) is 0 Å². The van der Waals surface area contributed by atoms with Gasteiger partial charge in [-0.1, -0.05) is 6.08 Å². The van der Waals surface area contributed by atoms with Crippen molar-refractivity contribution in [2.75, 3.05) is 7.11 Å². The zero-order valence-corrected chi connectivity index (χ0v) is 11.5. The summed E-state index contributed by atoms with van der Waals surface area (Å²) in [6, 6.07) is 3.08. The van der Waals surface area contributed by atoms with Crippen molar-refractivity contribution >= 4 is 5.57 Å². The SMILES string of the molecule is C/C=C1/C(=C(C#N)C#N)c2c(F)c(F)c(F)c(F)c2C1OC. The zero-order valence-electron chi connectivity index (χ0n) is 11.5. The van der Waals surface area contributed by atoms with Crippen LogP contribution in [0.5, 0.6) is 0 Å². The summed E-state index contributed by atoms with van der Waals surface area (Å²) in [6.45, 7) is 1.49. The third-order valence-corrected chi connectivity index (χ3v) is 3.41. The molecule has 3 nitrogen and oxygen atoms in total. The van der Waals surface area contributed by atoms with Crippen LogP contribution in [0, 0.1) is 45.9 Å². The second kappa shape index (κ2) is 5.63. The van der Waals surface area contributed by atoms with Crippen LogP contribution >= 0.6 is 0 Å². The van der Waals surface area contributed by atoms with Crippen molar-refractivity contribution in [1.82, 2.24) is 0 Å². The van der Waals surface area contributed by atoms with Gasteiger partial charge in [0.15, 0.2) is 23.3 Å². The Bertz CT molecular complexity index is 797.